The molecule has 0 unspecified atom stereocenters. The fraction of sp³-hybridized carbons (Fsp3) is 0.533. The highest BCUT2D eigenvalue weighted by Crippen LogP contribution is 2.22. The number of hydrogen-bond donors (Lipinski definition) is 2. The van der Waals surface area contributed by atoms with Gasteiger partial charge in [-0.1, -0.05) is 30.3 Å². The number of thiol groups is 1. The van der Waals surface area contributed by atoms with Gasteiger partial charge in [0.05, 0.1) is 24.1 Å². The number of methoxy groups -OCH3 is 1. The first kappa shape index (κ1) is 18.3. The first-order valence-corrected chi connectivity index (χ1v) is 9.63. The van der Waals surface area contributed by atoms with Gasteiger partial charge in [0.25, 0.3) is 0 Å². The van der Waals surface area contributed by atoms with Gasteiger partial charge < -0.3 is 14.8 Å². The van der Waals surface area contributed by atoms with Gasteiger partial charge in [-0.3, -0.25) is 0 Å². The summed E-state index contributed by atoms with van der Waals surface area (Å²) in [5.41, 5.74) is 0.705. The minimum absolute atomic E-state index is 0.120. The van der Waals surface area contributed by atoms with Crippen LogP contribution in [0.1, 0.15) is 18.1 Å². The average Bonchev–Trinajstić information content (AvgIpc) is 3.05. The fourth-order valence-electron chi connectivity index (χ4n) is 2.54. The zero-order valence-corrected chi connectivity index (χ0v) is 14.6. The smallest absolute Gasteiger partial charge is 0.339 e. The van der Waals surface area contributed by atoms with E-state index in [0.717, 1.165) is 0 Å². The summed E-state index contributed by atoms with van der Waals surface area (Å²) in [6.45, 7) is 0.610. The predicted molar refractivity (Wildman–Crippen MR) is 90.1 cm³/mol. The number of nitrogens with one attached hydrogen (secondary N) is 1. The largest absolute Gasteiger partial charge is 0.467 e. The maximum Gasteiger partial charge on any atom is 0.339 e. The van der Waals surface area contributed by atoms with Gasteiger partial charge in [-0.2, -0.15) is 12.6 Å². The number of hydrogen-bond acceptors (Lipinski definition) is 7. The number of esters is 1. The summed E-state index contributed by atoms with van der Waals surface area (Å²) in [5.74, 6) is -0.478. The molecule has 1 aromatic rings. The minimum atomic E-state index is -3.19. The van der Waals surface area contributed by atoms with E-state index < -0.39 is 27.2 Å². The van der Waals surface area contributed by atoms with E-state index in [2.05, 4.69) is 17.9 Å². The maximum atomic E-state index is 11.9. The van der Waals surface area contributed by atoms with Gasteiger partial charge in [0.2, 0.25) is 0 Å². The lowest BCUT2D eigenvalue weighted by Crippen LogP contribution is -2.29. The van der Waals surface area contributed by atoms with Crippen molar-refractivity contribution in [3.63, 3.8) is 0 Å². The second kappa shape index (κ2) is 8.14. The molecule has 1 aliphatic rings. The van der Waals surface area contributed by atoms with Crippen molar-refractivity contribution in [3.05, 3.63) is 35.9 Å². The van der Waals surface area contributed by atoms with Crippen molar-refractivity contribution in [2.24, 2.45) is 0 Å². The average molecular weight is 359 g/mol. The highest BCUT2D eigenvalue weighted by atomic mass is 32.2. The highest BCUT2D eigenvalue weighted by molar-refractivity contribution is 8.04. The lowest BCUT2D eigenvalue weighted by atomic mass is 10.1. The molecule has 1 aromatic carbocycles. The van der Waals surface area contributed by atoms with Crippen LogP contribution in [0.3, 0.4) is 0 Å². The fourth-order valence-corrected chi connectivity index (χ4v) is 4.25. The molecule has 0 bridgehead atoms. The standard InChI is InChI=1S/C15H21NO5S2/c1-20-15(17)14(11-5-3-2-4-6-11)21-9-12-7-13(8-16-12)23(18,19)10-22/h2-6,12-14,16,22H,7-10H2,1H3/t12-,13+,14+/m0/s1. The number of carbonyl (C=O) groups excluding carboxylic acids is 1. The maximum absolute atomic E-state index is 11.9. The Labute approximate surface area is 141 Å². The van der Waals surface area contributed by atoms with Gasteiger partial charge in [0.15, 0.2) is 15.9 Å². The van der Waals surface area contributed by atoms with Crippen LogP contribution in [0.4, 0.5) is 0 Å². The lowest BCUT2D eigenvalue weighted by molar-refractivity contribution is -0.155. The molecule has 0 amide bonds. The Hall–Kier alpha value is -1.09. The number of carbonyl (C=O) groups is 1. The summed E-state index contributed by atoms with van der Waals surface area (Å²) in [5, 5.41) is 2.50. The summed E-state index contributed by atoms with van der Waals surface area (Å²) < 4.78 is 34.2. The quantitative estimate of drug-likeness (QED) is 0.557. The van der Waals surface area contributed by atoms with Crippen LogP contribution in [0.2, 0.25) is 0 Å². The first-order chi connectivity index (χ1) is 11.0. The van der Waals surface area contributed by atoms with Crippen LogP contribution in [-0.4, -0.2) is 51.0 Å². The zero-order chi connectivity index (χ0) is 16.9. The Morgan fingerprint density at radius 1 is 1.39 bits per heavy atom. The molecule has 1 N–H and O–H groups in total. The van der Waals surface area contributed by atoms with Gasteiger partial charge in [0.1, 0.15) is 0 Å². The Bertz CT molecular complexity index is 620. The van der Waals surface area contributed by atoms with Crippen molar-refractivity contribution in [1.29, 1.82) is 0 Å². The molecule has 1 aliphatic heterocycles. The van der Waals surface area contributed by atoms with Crippen molar-refractivity contribution in [2.45, 2.75) is 23.8 Å². The Kier molecular flexibility index (Phi) is 6.46. The predicted octanol–water partition coefficient (Wildman–Crippen LogP) is 0.950. The summed E-state index contributed by atoms with van der Waals surface area (Å²) in [4.78, 5) is 11.9. The van der Waals surface area contributed by atoms with E-state index in [0.29, 0.717) is 18.5 Å². The van der Waals surface area contributed by atoms with Crippen LogP contribution in [0, 0.1) is 0 Å². The molecule has 128 valence electrons. The van der Waals surface area contributed by atoms with Crippen LogP contribution in [0.15, 0.2) is 30.3 Å². The summed E-state index contributed by atoms with van der Waals surface area (Å²) >= 11 is 3.87. The molecule has 8 heteroatoms. The number of benzene rings is 1. The van der Waals surface area contributed by atoms with E-state index in [1.807, 2.05) is 18.2 Å². The lowest BCUT2D eigenvalue weighted by Gasteiger charge is -2.18. The molecule has 0 radical (unpaired) electrons. The molecule has 23 heavy (non-hydrogen) atoms. The zero-order valence-electron chi connectivity index (χ0n) is 12.8. The van der Waals surface area contributed by atoms with E-state index in [1.165, 1.54) is 7.11 Å². The Morgan fingerprint density at radius 2 is 2.09 bits per heavy atom. The van der Waals surface area contributed by atoms with Crippen LogP contribution < -0.4 is 5.32 Å². The van der Waals surface area contributed by atoms with Gasteiger partial charge in [0, 0.05) is 12.6 Å². The molecule has 3 atom stereocenters. The highest BCUT2D eigenvalue weighted by Gasteiger charge is 2.34. The monoisotopic (exact) mass is 359 g/mol. The first-order valence-electron chi connectivity index (χ1n) is 7.28. The SMILES string of the molecule is COC(=O)[C@H](OC[C@@H]1C[C@@H](S(=O)(=O)CS)CN1)c1ccccc1. The molecule has 0 spiro atoms. The minimum Gasteiger partial charge on any atom is -0.467 e. The topological polar surface area (TPSA) is 81.7 Å². The van der Waals surface area contributed by atoms with Crippen molar-refractivity contribution < 1.29 is 22.7 Å². The summed E-state index contributed by atoms with van der Waals surface area (Å²) in [6.07, 6.45) is -0.366. The molecular weight excluding hydrogens is 338 g/mol. The van der Waals surface area contributed by atoms with Crippen LogP contribution >= 0.6 is 12.6 Å². The molecule has 6 nitrogen and oxygen atoms in total. The molecular formula is C15H21NO5S2. The van der Waals surface area contributed by atoms with Crippen molar-refractivity contribution in [3.8, 4) is 0 Å². The van der Waals surface area contributed by atoms with Crippen molar-refractivity contribution >= 4 is 28.4 Å². The van der Waals surface area contributed by atoms with E-state index in [9.17, 15) is 13.2 Å². The van der Waals surface area contributed by atoms with Crippen LogP contribution in [0.25, 0.3) is 0 Å². The van der Waals surface area contributed by atoms with Gasteiger partial charge >= 0.3 is 5.97 Å². The number of sulfone groups is 1. The van der Waals surface area contributed by atoms with Gasteiger partial charge in [-0.05, 0) is 12.0 Å². The number of rotatable bonds is 7. The molecule has 1 heterocycles. The second-order valence-corrected chi connectivity index (χ2v) is 8.43. The number of ether oxygens (including phenoxy) is 2. The molecule has 0 aromatic heterocycles. The molecule has 0 saturated carbocycles. The van der Waals surface area contributed by atoms with E-state index in [-0.39, 0.29) is 17.7 Å². The molecule has 1 fully saturated rings. The van der Waals surface area contributed by atoms with Gasteiger partial charge in [-0.25, -0.2) is 13.2 Å². The third-order valence-electron chi connectivity index (χ3n) is 3.85. The Morgan fingerprint density at radius 3 is 2.70 bits per heavy atom. The van der Waals surface area contributed by atoms with Crippen LogP contribution in [-0.2, 0) is 24.1 Å². The third kappa shape index (κ3) is 4.69. The normalized spacial score (nSPS) is 22.7. The van der Waals surface area contributed by atoms with E-state index >= 15 is 0 Å². The van der Waals surface area contributed by atoms with Crippen molar-refractivity contribution in [2.75, 3.05) is 25.3 Å². The second-order valence-electron chi connectivity index (χ2n) is 5.40. The van der Waals surface area contributed by atoms with E-state index in [1.54, 1.807) is 12.1 Å². The molecule has 0 aliphatic carbocycles. The van der Waals surface area contributed by atoms with Gasteiger partial charge in [-0.15, -0.1) is 0 Å². The molecule has 1 saturated heterocycles. The summed E-state index contributed by atoms with van der Waals surface area (Å²) in [6, 6.07) is 8.94. The van der Waals surface area contributed by atoms with Crippen molar-refractivity contribution in [1.82, 2.24) is 5.32 Å². The summed E-state index contributed by atoms with van der Waals surface area (Å²) in [7, 11) is -1.88. The molecule has 2 rings (SSSR count). The van der Waals surface area contributed by atoms with Crippen LogP contribution in [0.5, 0.6) is 0 Å². The van der Waals surface area contributed by atoms with E-state index in [4.69, 9.17) is 9.47 Å². The third-order valence-corrected chi connectivity index (χ3v) is 6.67. The Balaban J connectivity index is 1.97.